The Kier molecular flexibility index (Phi) is 5.28. The van der Waals surface area contributed by atoms with Crippen molar-refractivity contribution in [3.05, 3.63) is 87.1 Å². The lowest BCUT2D eigenvalue weighted by molar-refractivity contribution is 0.144. The quantitative estimate of drug-likeness (QED) is 0.579. The van der Waals surface area contributed by atoms with E-state index in [4.69, 9.17) is 16.3 Å². The van der Waals surface area contributed by atoms with E-state index in [1.807, 2.05) is 47.9 Å². The number of ether oxygens (including phenoxy) is 1. The van der Waals surface area contributed by atoms with Crippen molar-refractivity contribution < 1.29 is 9.53 Å². The van der Waals surface area contributed by atoms with Crippen molar-refractivity contribution in [2.45, 2.75) is 5.92 Å². The van der Waals surface area contributed by atoms with Gasteiger partial charge in [0.05, 0.1) is 5.02 Å². The minimum absolute atomic E-state index is 0.0728. The number of hydrogen-bond donors (Lipinski definition) is 1. The van der Waals surface area contributed by atoms with Gasteiger partial charge >= 0.3 is 6.09 Å². The highest BCUT2D eigenvalue weighted by molar-refractivity contribution is 7.11. The zero-order valence-corrected chi connectivity index (χ0v) is 16.1. The van der Waals surface area contributed by atoms with E-state index in [9.17, 15) is 4.79 Å². The average Bonchev–Trinajstić information content (AvgIpc) is 3.25. The molecule has 0 aliphatic heterocycles. The number of alkyl carbamates (subject to hydrolysis) is 1. The third-order valence-corrected chi connectivity index (χ3v) is 5.95. The SMILES string of the molecule is O=C(NCC=Cc1sccc1Cl)OCC1c2ccccc2-c2ccccc21. The summed E-state index contributed by atoms with van der Waals surface area (Å²) in [7, 11) is 0. The topological polar surface area (TPSA) is 38.3 Å². The van der Waals surface area contributed by atoms with E-state index in [-0.39, 0.29) is 5.92 Å². The van der Waals surface area contributed by atoms with E-state index >= 15 is 0 Å². The lowest BCUT2D eigenvalue weighted by Crippen LogP contribution is -2.26. The summed E-state index contributed by atoms with van der Waals surface area (Å²) in [5.74, 6) is 0.0728. The van der Waals surface area contributed by atoms with Crippen LogP contribution in [0.2, 0.25) is 5.02 Å². The van der Waals surface area contributed by atoms with Gasteiger partial charge in [-0.2, -0.15) is 0 Å². The van der Waals surface area contributed by atoms with Crippen LogP contribution in [0.3, 0.4) is 0 Å². The first kappa shape index (κ1) is 17.8. The van der Waals surface area contributed by atoms with Gasteiger partial charge in [-0.1, -0.05) is 66.2 Å². The highest BCUT2D eigenvalue weighted by Crippen LogP contribution is 2.44. The predicted molar refractivity (Wildman–Crippen MR) is 111 cm³/mol. The van der Waals surface area contributed by atoms with Gasteiger partial charge in [-0.15, -0.1) is 11.3 Å². The van der Waals surface area contributed by atoms with E-state index in [1.165, 1.54) is 22.3 Å². The number of nitrogens with one attached hydrogen (secondary N) is 1. The number of carbonyl (C=O) groups excluding carboxylic acids is 1. The van der Waals surface area contributed by atoms with Crippen LogP contribution in [0.1, 0.15) is 21.9 Å². The number of benzene rings is 2. The second kappa shape index (κ2) is 7.99. The van der Waals surface area contributed by atoms with Crippen molar-refractivity contribution in [1.82, 2.24) is 5.32 Å². The molecule has 0 radical (unpaired) electrons. The Hall–Kier alpha value is -2.56. The summed E-state index contributed by atoms with van der Waals surface area (Å²) in [4.78, 5) is 13.0. The van der Waals surface area contributed by atoms with Crippen molar-refractivity contribution in [2.75, 3.05) is 13.2 Å². The number of fused-ring (bicyclic) bond motifs is 3. The Morgan fingerprint density at radius 2 is 1.74 bits per heavy atom. The molecule has 0 bridgehead atoms. The maximum atomic E-state index is 12.1. The second-order valence-electron chi connectivity index (χ2n) is 6.24. The molecular weight excluding hydrogens is 378 g/mol. The Labute approximate surface area is 167 Å². The molecule has 0 saturated carbocycles. The first-order valence-electron chi connectivity index (χ1n) is 8.72. The van der Waals surface area contributed by atoms with Gasteiger partial charge in [-0.05, 0) is 39.8 Å². The summed E-state index contributed by atoms with van der Waals surface area (Å²) in [5, 5.41) is 5.40. The average molecular weight is 396 g/mol. The lowest BCUT2D eigenvalue weighted by atomic mass is 9.98. The molecule has 3 aromatic rings. The van der Waals surface area contributed by atoms with Crippen molar-refractivity contribution in [3.8, 4) is 11.1 Å². The summed E-state index contributed by atoms with van der Waals surface area (Å²) in [6.45, 7) is 0.714. The molecule has 1 aliphatic rings. The number of rotatable bonds is 5. The van der Waals surface area contributed by atoms with Crippen LogP contribution >= 0.6 is 22.9 Å². The molecule has 2 aromatic carbocycles. The zero-order valence-electron chi connectivity index (χ0n) is 14.5. The van der Waals surface area contributed by atoms with Crippen LogP contribution in [0.4, 0.5) is 4.79 Å². The third kappa shape index (κ3) is 3.77. The molecule has 0 unspecified atom stereocenters. The molecule has 1 aromatic heterocycles. The molecule has 4 rings (SSSR count). The molecule has 0 fully saturated rings. The van der Waals surface area contributed by atoms with E-state index in [0.29, 0.717) is 13.2 Å². The normalized spacial score (nSPS) is 12.8. The molecule has 0 atom stereocenters. The first-order chi connectivity index (χ1) is 13.2. The number of hydrogen-bond acceptors (Lipinski definition) is 3. The highest BCUT2D eigenvalue weighted by atomic mass is 35.5. The minimum atomic E-state index is -0.418. The van der Waals surface area contributed by atoms with Gasteiger partial charge in [0, 0.05) is 17.3 Å². The monoisotopic (exact) mass is 395 g/mol. The number of carbonyl (C=O) groups is 1. The van der Waals surface area contributed by atoms with E-state index in [0.717, 1.165) is 9.90 Å². The van der Waals surface area contributed by atoms with Crippen LogP contribution in [0.5, 0.6) is 0 Å². The van der Waals surface area contributed by atoms with Gasteiger partial charge in [-0.3, -0.25) is 0 Å². The molecule has 1 N–H and O–H groups in total. The van der Waals surface area contributed by atoms with Crippen molar-refractivity contribution in [3.63, 3.8) is 0 Å². The lowest BCUT2D eigenvalue weighted by Gasteiger charge is -2.14. The zero-order chi connectivity index (χ0) is 18.6. The number of thiophene rings is 1. The fourth-order valence-electron chi connectivity index (χ4n) is 3.38. The Morgan fingerprint density at radius 1 is 1.07 bits per heavy atom. The first-order valence-corrected chi connectivity index (χ1v) is 9.98. The summed E-state index contributed by atoms with van der Waals surface area (Å²) < 4.78 is 5.49. The molecule has 136 valence electrons. The Bertz CT molecular complexity index is 950. The van der Waals surface area contributed by atoms with Gasteiger partial charge in [0.15, 0.2) is 0 Å². The molecule has 0 spiro atoms. The molecular formula is C22H18ClNO2S. The van der Waals surface area contributed by atoms with Crippen LogP contribution in [-0.4, -0.2) is 19.2 Å². The van der Waals surface area contributed by atoms with Gasteiger partial charge in [0.2, 0.25) is 0 Å². The number of amides is 1. The van der Waals surface area contributed by atoms with Gasteiger partial charge in [0.1, 0.15) is 6.61 Å². The van der Waals surface area contributed by atoms with Gasteiger partial charge in [-0.25, -0.2) is 4.79 Å². The van der Waals surface area contributed by atoms with Gasteiger partial charge in [0.25, 0.3) is 0 Å². The summed E-state index contributed by atoms with van der Waals surface area (Å²) in [6, 6.07) is 18.4. The van der Waals surface area contributed by atoms with Crippen LogP contribution in [0.15, 0.2) is 66.1 Å². The maximum absolute atomic E-state index is 12.1. The molecule has 1 amide bonds. The van der Waals surface area contributed by atoms with E-state index in [1.54, 1.807) is 11.3 Å². The molecule has 1 aliphatic carbocycles. The molecule has 3 nitrogen and oxygen atoms in total. The molecule has 5 heteroatoms. The van der Waals surface area contributed by atoms with Crippen molar-refractivity contribution in [2.24, 2.45) is 0 Å². The summed E-state index contributed by atoms with van der Waals surface area (Å²) in [6.07, 6.45) is 3.34. The maximum Gasteiger partial charge on any atom is 0.407 e. The highest BCUT2D eigenvalue weighted by Gasteiger charge is 2.28. The standard InChI is InChI=1S/C22H18ClNO2S/c23-20-11-13-27-21(20)10-5-12-24-22(25)26-14-19-17-8-3-1-6-15(17)16-7-2-4-9-18(16)19/h1-11,13,19H,12,14H2,(H,24,25). The Balaban J connectivity index is 1.35. The molecule has 27 heavy (non-hydrogen) atoms. The minimum Gasteiger partial charge on any atom is -0.449 e. The molecule has 0 saturated heterocycles. The van der Waals surface area contributed by atoms with Crippen LogP contribution in [-0.2, 0) is 4.74 Å². The second-order valence-corrected chi connectivity index (χ2v) is 7.60. The fourth-order valence-corrected chi connectivity index (χ4v) is 4.42. The molecule has 1 heterocycles. The smallest absolute Gasteiger partial charge is 0.407 e. The number of halogens is 1. The summed E-state index contributed by atoms with van der Waals surface area (Å²) in [5.41, 5.74) is 4.85. The van der Waals surface area contributed by atoms with Crippen LogP contribution < -0.4 is 5.32 Å². The van der Waals surface area contributed by atoms with Crippen molar-refractivity contribution in [1.29, 1.82) is 0 Å². The van der Waals surface area contributed by atoms with Crippen LogP contribution in [0, 0.1) is 0 Å². The largest absolute Gasteiger partial charge is 0.449 e. The summed E-state index contributed by atoms with van der Waals surface area (Å²) >= 11 is 7.59. The van der Waals surface area contributed by atoms with Crippen LogP contribution in [0.25, 0.3) is 17.2 Å². The van der Waals surface area contributed by atoms with Gasteiger partial charge < -0.3 is 10.1 Å². The third-order valence-electron chi connectivity index (χ3n) is 4.62. The Morgan fingerprint density at radius 3 is 2.37 bits per heavy atom. The van der Waals surface area contributed by atoms with E-state index in [2.05, 4.69) is 29.6 Å². The van der Waals surface area contributed by atoms with E-state index < -0.39 is 6.09 Å². The van der Waals surface area contributed by atoms with Crippen molar-refractivity contribution >= 4 is 35.1 Å². The fraction of sp³-hybridized carbons (Fsp3) is 0.136. The predicted octanol–water partition coefficient (Wildman–Crippen LogP) is 5.95.